The molecule has 0 amide bonds. The second-order valence-corrected chi connectivity index (χ2v) is 4.28. The normalized spacial score (nSPS) is 10.0. The van der Waals surface area contributed by atoms with E-state index < -0.39 is 0 Å². The molecule has 0 bridgehead atoms. The molecule has 1 heterocycles. The van der Waals surface area contributed by atoms with E-state index in [0.29, 0.717) is 0 Å². The summed E-state index contributed by atoms with van der Waals surface area (Å²) in [6, 6.07) is 18.1. The monoisotopic (exact) mass is 262 g/mol. The number of anilines is 4. The lowest BCUT2D eigenvalue weighted by Crippen LogP contribution is -1.94. The summed E-state index contributed by atoms with van der Waals surface area (Å²) in [4.78, 5) is 8.19. The van der Waals surface area contributed by atoms with Crippen molar-refractivity contribution in [1.29, 1.82) is 0 Å². The maximum absolute atomic E-state index is 4.17. The van der Waals surface area contributed by atoms with Crippen LogP contribution in [0.5, 0.6) is 0 Å². The van der Waals surface area contributed by atoms with E-state index in [0.717, 1.165) is 22.9 Å². The summed E-state index contributed by atoms with van der Waals surface area (Å²) < 4.78 is 0. The van der Waals surface area contributed by atoms with Crippen LogP contribution in [-0.4, -0.2) is 9.97 Å². The largest absolute Gasteiger partial charge is 0.356 e. The number of hydrogen-bond acceptors (Lipinski definition) is 4. The summed E-state index contributed by atoms with van der Waals surface area (Å²) in [6.45, 7) is 0. The van der Waals surface area contributed by atoms with Gasteiger partial charge in [-0.05, 0) is 36.4 Å². The molecule has 3 aromatic rings. The number of hydrogen-bond donors (Lipinski definition) is 2. The average Bonchev–Trinajstić information content (AvgIpc) is 2.51. The van der Waals surface area contributed by atoms with Crippen molar-refractivity contribution in [2.45, 2.75) is 0 Å². The van der Waals surface area contributed by atoms with Gasteiger partial charge in [0.1, 0.15) is 5.82 Å². The van der Waals surface area contributed by atoms with Gasteiger partial charge >= 0.3 is 0 Å². The van der Waals surface area contributed by atoms with Gasteiger partial charge in [0.15, 0.2) is 0 Å². The van der Waals surface area contributed by atoms with Crippen LogP contribution in [0.2, 0.25) is 0 Å². The second-order valence-electron chi connectivity index (χ2n) is 4.28. The maximum atomic E-state index is 4.17. The summed E-state index contributed by atoms with van der Waals surface area (Å²) in [5.74, 6) is 0.733. The third kappa shape index (κ3) is 3.11. The number of para-hydroxylation sites is 1. The molecule has 3 rings (SSSR count). The highest BCUT2D eigenvalue weighted by molar-refractivity contribution is 5.64. The lowest BCUT2D eigenvalue weighted by atomic mass is 10.2. The van der Waals surface area contributed by atoms with Gasteiger partial charge in [-0.2, -0.15) is 0 Å². The van der Waals surface area contributed by atoms with Crippen LogP contribution >= 0.6 is 0 Å². The molecule has 98 valence electrons. The highest BCUT2D eigenvalue weighted by Crippen LogP contribution is 2.20. The summed E-state index contributed by atoms with van der Waals surface area (Å²) in [5.41, 5.74) is 3.09. The van der Waals surface area contributed by atoms with Gasteiger partial charge in [-0.15, -0.1) is 0 Å². The number of aromatic nitrogens is 2. The third-order valence-corrected chi connectivity index (χ3v) is 2.78. The van der Waals surface area contributed by atoms with Crippen LogP contribution in [-0.2, 0) is 0 Å². The van der Waals surface area contributed by atoms with Gasteiger partial charge in [-0.25, -0.2) is 4.98 Å². The minimum absolute atomic E-state index is 0.733. The Labute approximate surface area is 117 Å². The van der Waals surface area contributed by atoms with Gasteiger partial charge in [0, 0.05) is 29.5 Å². The van der Waals surface area contributed by atoms with Gasteiger partial charge in [-0.1, -0.05) is 18.2 Å². The first-order valence-corrected chi connectivity index (χ1v) is 6.35. The van der Waals surface area contributed by atoms with E-state index in [1.54, 1.807) is 18.6 Å². The van der Waals surface area contributed by atoms with Crippen LogP contribution in [0.4, 0.5) is 22.9 Å². The zero-order chi connectivity index (χ0) is 13.6. The first-order valence-electron chi connectivity index (χ1n) is 6.35. The Bertz CT molecular complexity index is 591. The van der Waals surface area contributed by atoms with Crippen molar-refractivity contribution in [3.8, 4) is 0 Å². The van der Waals surface area contributed by atoms with Crippen LogP contribution in [0.3, 0.4) is 0 Å². The van der Waals surface area contributed by atoms with Crippen molar-refractivity contribution in [2.75, 3.05) is 10.6 Å². The van der Waals surface area contributed by atoms with Crippen molar-refractivity contribution in [2.24, 2.45) is 0 Å². The molecule has 20 heavy (non-hydrogen) atoms. The van der Waals surface area contributed by atoms with E-state index in [4.69, 9.17) is 0 Å². The molecule has 0 saturated heterocycles. The molecule has 1 aromatic heterocycles. The Morgan fingerprint density at radius 3 is 1.95 bits per heavy atom. The highest BCUT2D eigenvalue weighted by Gasteiger charge is 1.97. The van der Waals surface area contributed by atoms with Crippen molar-refractivity contribution in [3.05, 3.63) is 73.2 Å². The van der Waals surface area contributed by atoms with E-state index in [-0.39, 0.29) is 0 Å². The van der Waals surface area contributed by atoms with E-state index in [9.17, 15) is 0 Å². The van der Waals surface area contributed by atoms with Crippen LogP contribution in [0.25, 0.3) is 0 Å². The van der Waals surface area contributed by atoms with Crippen molar-refractivity contribution in [1.82, 2.24) is 9.97 Å². The highest BCUT2D eigenvalue weighted by atomic mass is 15.0. The molecular weight excluding hydrogens is 248 g/mol. The molecule has 0 radical (unpaired) electrons. The van der Waals surface area contributed by atoms with Gasteiger partial charge in [0.05, 0.1) is 6.20 Å². The molecule has 2 aromatic carbocycles. The molecule has 4 heteroatoms. The number of nitrogens with zero attached hydrogens (tertiary/aromatic N) is 2. The van der Waals surface area contributed by atoms with E-state index in [1.807, 2.05) is 54.6 Å². The van der Waals surface area contributed by atoms with Crippen molar-refractivity contribution in [3.63, 3.8) is 0 Å². The number of rotatable bonds is 4. The molecule has 0 aliphatic carbocycles. The fourth-order valence-electron chi connectivity index (χ4n) is 1.84. The van der Waals surface area contributed by atoms with Gasteiger partial charge in [0.25, 0.3) is 0 Å². The average molecular weight is 262 g/mol. The van der Waals surface area contributed by atoms with Gasteiger partial charge < -0.3 is 10.6 Å². The molecule has 0 saturated carbocycles. The lowest BCUT2D eigenvalue weighted by Gasteiger charge is -2.08. The minimum atomic E-state index is 0.733. The lowest BCUT2D eigenvalue weighted by molar-refractivity contribution is 1.20. The third-order valence-electron chi connectivity index (χ3n) is 2.78. The summed E-state index contributed by atoms with van der Waals surface area (Å²) >= 11 is 0. The van der Waals surface area contributed by atoms with Crippen LogP contribution in [0.15, 0.2) is 73.2 Å². The van der Waals surface area contributed by atoms with Crippen LogP contribution < -0.4 is 10.6 Å². The smallest absolute Gasteiger partial charge is 0.148 e. The Kier molecular flexibility index (Phi) is 3.55. The van der Waals surface area contributed by atoms with E-state index >= 15 is 0 Å². The maximum Gasteiger partial charge on any atom is 0.148 e. The molecule has 0 aliphatic heterocycles. The summed E-state index contributed by atoms with van der Waals surface area (Å²) in [7, 11) is 0. The first-order chi connectivity index (χ1) is 9.90. The van der Waals surface area contributed by atoms with Crippen LogP contribution in [0.1, 0.15) is 0 Å². The molecule has 0 atom stereocenters. The van der Waals surface area contributed by atoms with E-state index in [2.05, 4.69) is 20.6 Å². The first kappa shape index (κ1) is 12.2. The predicted molar refractivity (Wildman–Crippen MR) is 81.5 cm³/mol. The minimum Gasteiger partial charge on any atom is -0.356 e. The Hall–Kier alpha value is -2.88. The van der Waals surface area contributed by atoms with Crippen molar-refractivity contribution >= 4 is 22.9 Å². The molecule has 4 nitrogen and oxygen atoms in total. The number of nitrogens with one attached hydrogen (secondary N) is 2. The fraction of sp³-hybridized carbons (Fsp3) is 0. The molecule has 0 fully saturated rings. The fourth-order valence-corrected chi connectivity index (χ4v) is 1.84. The Balaban J connectivity index is 1.69. The Morgan fingerprint density at radius 2 is 1.30 bits per heavy atom. The van der Waals surface area contributed by atoms with Crippen LogP contribution in [0, 0.1) is 0 Å². The van der Waals surface area contributed by atoms with Crippen molar-refractivity contribution < 1.29 is 0 Å². The Morgan fingerprint density at radius 1 is 0.650 bits per heavy atom. The predicted octanol–water partition coefficient (Wildman–Crippen LogP) is 3.96. The second kappa shape index (κ2) is 5.84. The molecule has 0 aliphatic rings. The molecule has 0 spiro atoms. The van der Waals surface area contributed by atoms with Gasteiger partial charge in [-0.3, -0.25) is 4.98 Å². The molecule has 0 unspecified atom stereocenters. The molecule has 2 N–H and O–H groups in total. The SMILES string of the molecule is c1ccc(Nc2ccc(Nc3cnccn3)cc2)cc1. The topological polar surface area (TPSA) is 49.8 Å². The zero-order valence-corrected chi connectivity index (χ0v) is 10.8. The standard InChI is InChI=1S/C16H14N4/c1-2-4-13(5-3-1)19-14-6-8-15(9-7-14)20-16-12-17-10-11-18-16/h1-12,19H,(H,18,20). The van der Waals surface area contributed by atoms with E-state index in [1.165, 1.54) is 0 Å². The zero-order valence-electron chi connectivity index (χ0n) is 10.8. The number of benzene rings is 2. The van der Waals surface area contributed by atoms with Gasteiger partial charge in [0.2, 0.25) is 0 Å². The summed E-state index contributed by atoms with van der Waals surface area (Å²) in [6.07, 6.45) is 5.00. The quantitative estimate of drug-likeness (QED) is 0.747. The molecular formula is C16H14N4. The summed E-state index contributed by atoms with van der Waals surface area (Å²) in [5, 5.41) is 6.53.